The van der Waals surface area contributed by atoms with Gasteiger partial charge in [-0.1, -0.05) is 12.1 Å². The molecule has 1 aromatic heterocycles. The number of aromatic nitrogens is 1. The third-order valence-electron chi connectivity index (χ3n) is 2.82. The highest BCUT2D eigenvalue weighted by atomic mass is 32.2. The zero-order chi connectivity index (χ0) is 14.5. The number of aryl methyl sites for hydroxylation is 1. The summed E-state index contributed by atoms with van der Waals surface area (Å²) in [5, 5.41) is 9.11. The Bertz CT molecular complexity index is 628. The van der Waals surface area contributed by atoms with Crippen LogP contribution in [0.3, 0.4) is 0 Å². The van der Waals surface area contributed by atoms with Crippen molar-refractivity contribution in [3.05, 3.63) is 53.2 Å². The number of pyridine rings is 1. The van der Waals surface area contributed by atoms with Crippen LogP contribution in [0, 0.1) is 6.92 Å². The van der Waals surface area contributed by atoms with Crippen molar-refractivity contribution in [1.82, 2.24) is 4.98 Å². The summed E-state index contributed by atoms with van der Waals surface area (Å²) in [6.45, 7) is 1.79. The van der Waals surface area contributed by atoms with E-state index in [4.69, 9.17) is 9.84 Å². The fourth-order valence-corrected chi connectivity index (χ4v) is 2.57. The van der Waals surface area contributed by atoms with E-state index in [1.165, 1.54) is 0 Å². The Morgan fingerprint density at radius 1 is 1.35 bits per heavy atom. The van der Waals surface area contributed by atoms with Gasteiger partial charge in [0.15, 0.2) is 0 Å². The largest absolute Gasteiger partial charge is 0.481 e. The molecular formula is C15H15NO3S. The molecule has 0 unspecified atom stereocenters. The van der Waals surface area contributed by atoms with E-state index in [9.17, 15) is 4.79 Å². The van der Waals surface area contributed by atoms with Crippen molar-refractivity contribution in [1.29, 1.82) is 0 Å². The van der Waals surface area contributed by atoms with Gasteiger partial charge in [0.05, 0.1) is 18.4 Å². The fraction of sp³-hybridized carbons (Fsp3) is 0.200. The van der Waals surface area contributed by atoms with Crippen molar-refractivity contribution >= 4 is 17.7 Å². The number of methoxy groups -OCH3 is 1. The number of thioether (sulfide) groups is 1. The van der Waals surface area contributed by atoms with Crippen LogP contribution in [0.5, 0.6) is 5.88 Å². The van der Waals surface area contributed by atoms with Crippen LogP contribution < -0.4 is 4.74 Å². The minimum absolute atomic E-state index is 0.341. The molecule has 0 spiro atoms. The van der Waals surface area contributed by atoms with Gasteiger partial charge < -0.3 is 9.84 Å². The SMILES string of the molecule is COc1cccc(CSc2ccc(C)c(C(=O)O)c2)n1. The number of hydrogen-bond acceptors (Lipinski definition) is 4. The minimum atomic E-state index is -0.899. The van der Waals surface area contributed by atoms with Gasteiger partial charge in [-0.15, -0.1) is 11.8 Å². The molecule has 5 heteroatoms. The Kier molecular flexibility index (Phi) is 4.63. The number of benzene rings is 1. The summed E-state index contributed by atoms with van der Waals surface area (Å²) in [5.41, 5.74) is 2.00. The number of aromatic carboxylic acids is 1. The van der Waals surface area contributed by atoms with Crippen molar-refractivity contribution in [2.45, 2.75) is 17.6 Å². The lowest BCUT2D eigenvalue weighted by Crippen LogP contribution is -1.99. The Balaban J connectivity index is 2.10. The molecule has 0 radical (unpaired) electrons. The highest BCUT2D eigenvalue weighted by molar-refractivity contribution is 7.98. The van der Waals surface area contributed by atoms with Gasteiger partial charge in [-0.3, -0.25) is 0 Å². The zero-order valence-electron chi connectivity index (χ0n) is 11.3. The maximum Gasteiger partial charge on any atom is 0.335 e. The molecule has 2 rings (SSSR count). The molecular weight excluding hydrogens is 274 g/mol. The number of carbonyl (C=O) groups is 1. The molecule has 0 bridgehead atoms. The van der Waals surface area contributed by atoms with Gasteiger partial charge in [0.2, 0.25) is 5.88 Å². The summed E-state index contributed by atoms with van der Waals surface area (Å²) in [6.07, 6.45) is 0. The van der Waals surface area contributed by atoms with Crippen LogP contribution in [-0.4, -0.2) is 23.2 Å². The van der Waals surface area contributed by atoms with Crippen LogP contribution in [0.25, 0.3) is 0 Å². The van der Waals surface area contributed by atoms with Crippen molar-refractivity contribution in [3.63, 3.8) is 0 Å². The van der Waals surface area contributed by atoms with Crippen LogP contribution in [-0.2, 0) is 5.75 Å². The molecule has 2 aromatic rings. The maximum atomic E-state index is 11.1. The second-order valence-electron chi connectivity index (χ2n) is 4.24. The smallest absolute Gasteiger partial charge is 0.335 e. The molecule has 0 aliphatic carbocycles. The first-order valence-electron chi connectivity index (χ1n) is 6.07. The maximum absolute atomic E-state index is 11.1. The Hall–Kier alpha value is -2.01. The average molecular weight is 289 g/mol. The van der Waals surface area contributed by atoms with Crippen molar-refractivity contribution in [2.24, 2.45) is 0 Å². The first kappa shape index (κ1) is 14.4. The van der Waals surface area contributed by atoms with Gasteiger partial charge >= 0.3 is 5.97 Å². The van der Waals surface area contributed by atoms with Gasteiger partial charge in [-0.2, -0.15) is 0 Å². The van der Waals surface area contributed by atoms with Crippen molar-refractivity contribution in [2.75, 3.05) is 7.11 Å². The Morgan fingerprint density at radius 3 is 2.85 bits per heavy atom. The number of ether oxygens (including phenoxy) is 1. The van der Waals surface area contributed by atoms with E-state index in [0.29, 0.717) is 17.2 Å². The molecule has 1 N–H and O–H groups in total. The van der Waals surface area contributed by atoms with E-state index in [1.54, 1.807) is 37.9 Å². The van der Waals surface area contributed by atoms with E-state index >= 15 is 0 Å². The first-order valence-corrected chi connectivity index (χ1v) is 7.05. The monoisotopic (exact) mass is 289 g/mol. The lowest BCUT2D eigenvalue weighted by atomic mass is 10.1. The van der Waals surface area contributed by atoms with Crippen LogP contribution in [0.2, 0.25) is 0 Å². The van der Waals surface area contributed by atoms with Crippen molar-refractivity contribution in [3.8, 4) is 5.88 Å². The Labute approximate surface area is 121 Å². The van der Waals surface area contributed by atoms with Gasteiger partial charge in [-0.05, 0) is 30.7 Å². The number of carboxylic acid groups (broad SMARTS) is 1. The summed E-state index contributed by atoms with van der Waals surface area (Å²) < 4.78 is 5.08. The van der Waals surface area contributed by atoms with E-state index in [1.807, 2.05) is 24.3 Å². The molecule has 0 aliphatic heterocycles. The Morgan fingerprint density at radius 2 is 2.15 bits per heavy atom. The summed E-state index contributed by atoms with van der Waals surface area (Å²) in [5.74, 6) is 0.349. The molecule has 0 fully saturated rings. The summed E-state index contributed by atoms with van der Waals surface area (Å²) in [7, 11) is 1.58. The number of rotatable bonds is 5. The normalized spacial score (nSPS) is 10.3. The molecule has 0 saturated carbocycles. The lowest BCUT2D eigenvalue weighted by molar-refractivity contribution is 0.0696. The van der Waals surface area contributed by atoms with Gasteiger partial charge in [0, 0.05) is 16.7 Å². The minimum Gasteiger partial charge on any atom is -0.481 e. The molecule has 0 amide bonds. The summed E-state index contributed by atoms with van der Waals surface area (Å²) >= 11 is 1.55. The van der Waals surface area contributed by atoms with Crippen molar-refractivity contribution < 1.29 is 14.6 Å². The first-order chi connectivity index (χ1) is 9.60. The molecule has 1 heterocycles. The summed E-state index contributed by atoms with van der Waals surface area (Å²) in [4.78, 5) is 16.3. The zero-order valence-corrected chi connectivity index (χ0v) is 12.1. The highest BCUT2D eigenvalue weighted by Crippen LogP contribution is 2.25. The number of hydrogen-bond donors (Lipinski definition) is 1. The third-order valence-corrected chi connectivity index (χ3v) is 3.84. The van der Waals surface area contributed by atoms with Crippen LogP contribution in [0.1, 0.15) is 21.6 Å². The summed E-state index contributed by atoms with van der Waals surface area (Å²) in [6, 6.07) is 11.0. The quantitative estimate of drug-likeness (QED) is 0.855. The standard InChI is InChI=1S/C15H15NO3S/c1-10-6-7-12(8-13(10)15(17)18)20-9-11-4-3-5-14(16-11)19-2/h3-8H,9H2,1-2H3,(H,17,18). The van der Waals surface area contributed by atoms with Gasteiger partial charge in [0.25, 0.3) is 0 Å². The fourth-order valence-electron chi connectivity index (χ4n) is 1.73. The van der Waals surface area contributed by atoms with E-state index in [2.05, 4.69) is 4.98 Å². The number of nitrogens with zero attached hydrogens (tertiary/aromatic N) is 1. The second-order valence-corrected chi connectivity index (χ2v) is 5.29. The van der Waals surface area contributed by atoms with Gasteiger partial charge in [-0.25, -0.2) is 9.78 Å². The molecule has 0 atom stereocenters. The van der Waals surface area contributed by atoms with E-state index < -0.39 is 5.97 Å². The predicted molar refractivity (Wildman–Crippen MR) is 78.5 cm³/mol. The molecule has 0 aliphatic rings. The predicted octanol–water partition coefficient (Wildman–Crippen LogP) is 3.39. The average Bonchev–Trinajstić information content (AvgIpc) is 2.46. The number of carboxylic acids is 1. The topological polar surface area (TPSA) is 59.4 Å². The molecule has 0 saturated heterocycles. The molecule has 104 valence electrons. The van der Waals surface area contributed by atoms with E-state index in [-0.39, 0.29) is 0 Å². The van der Waals surface area contributed by atoms with Crippen LogP contribution >= 0.6 is 11.8 Å². The van der Waals surface area contributed by atoms with E-state index in [0.717, 1.165) is 16.2 Å². The highest BCUT2D eigenvalue weighted by Gasteiger charge is 2.08. The van der Waals surface area contributed by atoms with Crippen LogP contribution in [0.15, 0.2) is 41.3 Å². The van der Waals surface area contributed by atoms with Crippen LogP contribution in [0.4, 0.5) is 0 Å². The second kappa shape index (κ2) is 6.43. The molecule has 4 nitrogen and oxygen atoms in total. The molecule has 20 heavy (non-hydrogen) atoms. The third kappa shape index (κ3) is 3.51. The lowest BCUT2D eigenvalue weighted by Gasteiger charge is -2.06. The van der Waals surface area contributed by atoms with Gasteiger partial charge in [0.1, 0.15) is 0 Å². The molecule has 1 aromatic carbocycles.